The predicted octanol–water partition coefficient (Wildman–Crippen LogP) is 4.34. The number of ether oxygens (including phenoxy) is 3. The van der Waals surface area contributed by atoms with Crippen LogP contribution >= 0.6 is 15.9 Å². The van der Waals surface area contributed by atoms with Crippen molar-refractivity contribution in [2.75, 3.05) is 20.3 Å². The van der Waals surface area contributed by atoms with Crippen LogP contribution in [0, 0.1) is 13.8 Å². The second kappa shape index (κ2) is 8.59. The molecular formula is C18H20BrNO4. The first-order valence-electron chi connectivity index (χ1n) is 7.43. The molecule has 0 heterocycles. The van der Waals surface area contributed by atoms with Gasteiger partial charge in [0.25, 0.3) is 0 Å². The minimum atomic E-state index is 0.371. The summed E-state index contributed by atoms with van der Waals surface area (Å²) in [5, 5.41) is 11.7. The van der Waals surface area contributed by atoms with E-state index in [1.807, 2.05) is 32.0 Å². The van der Waals surface area contributed by atoms with E-state index in [9.17, 15) is 0 Å². The summed E-state index contributed by atoms with van der Waals surface area (Å²) in [5.74, 6) is 2.02. The number of oxime groups is 1. The van der Waals surface area contributed by atoms with Crippen molar-refractivity contribution < 1.29 is 19.4 Å². The molecule has 24 heavy (non-hydrogen) atoms. The van der Waals surface area contributed by atoms with Gasteiger partial charge in [-0.05, 0) is 53.0 Å². The van der Waals surface area contributed by atoms with E-state index in [-0.39, 0.29) is 0 Å². The fourth-order valence-corrected chi connectivity index (χ4v) is 2.91. The first kappa shape index (κ1) is 18.1. The summed E-state index contributed by atoms with van der Waals surface area (Å²) in [6.07, 6.45) is 1.32. The average molecular weight is 394 g/mol. The molecule has 0 unspecified atom stereocenters. The van der Waals surface area contributed by atoms with Gasteiger partial charge < -0.3 is 19.4 Å². The van der Waals surface area contributed by atoms with Crippen LogP contribution in [0.1, 0.15) is 16.7 Å². The number of para-hydroxylation sites is 1. The zero-order chi connectivity index (χ0) is 17.5. The predicted molar refractivity (Wildman–Crippen MR) is 97.0 cm³/mol. The molecule has 0 radical (unpaired) electrons. The van der Waals surface area contributed by atoms with E-state index >= 15 is 0 Å². The summed E-state index contributed by atoms with van der Waals surface area (Å²) in [7, 11) is 1.56. The normalized spacial score (nSPS) is 10.8. The molecular weight excluding hydrogens is 374 g/mol. The smallest absolute Gasteiger partial charge is 0.175 e. The van der Waals surface area contributed by atoms with E-state index < -0.39 is 0 Å². The second-order valence-corrected chi connectivity index (χ2v) is 6.05. The summed E-state index contributed by atoms with van der Waals surface area (Å²) in [4.78, 5) is 0. The molecule has 0 bridgehead atoms. The van der Waals surface area contributed by atoms with Gasteiger partial charge in [-0.2, -0.15) is 0 Å². The van der Waals surface area contributed by atoms with Gasteiger partial charge in [0, 0.05) is 5.56 Å². The summed E-state index contributed by atoms with van der Waals surface area (Å²) in [5.41, 5.74) is 2.89. The highest BCUT2D eigenvalue weighted by atomic mass is 79.9. The third-order valence-corrected chi connectivity index (χ3v) is 4.03. The SMILES string of the molecule is COc1cc(C=NO)cc(Br)c1OCCOc1c(C)cccc1C. The Morgan fingerprint density at radius 2 is 1.71 bits per heavy atom. The van der Waals surface area contributed by atoms with Crippen LogP contribution in [0.3, 0.4) is 0 Å². The Kier molecular flexibility index (Phi) is 6.49. The highest BCUT2D eigenvalue weighted by Crippen LogP contribution is 2.36. The Morgan fingerprint density at radius 1 is 1.08 bits per heavy atom. The molecule has 0 amide bonds. The largest absolute Gasteiger partial charge is 0.493 e. The zero-order valence-corrected chi connectivity index (χ0v) is 15.5. The lowest BCUT2D eigenvalue weighted by Crippen LogP contribution is -2.11. The summed E-state index contributed by atoms with van der Waals surface area (Å²) >= 11 is 3.44. The van der Waals surface area contributed by atoms with Crippen LogP contribution in [-0.4, -0.2) is 31.7 Å². The Hall–Kier alpha value is -2.21. The van der Waals surface area contributed by atoms with Crippen LogP contribution in [0.4, 0.5) is 0 Å². The number of hydrogen-bond donors (Lipinski definition) is 1. The number of nitrogens with zero attached hydrogens (tertiary/aromatic N) is 1. The maximum Gasteiger partial charge on any atom is 0.175 e. The molecule has 0 fully saturated rings. The quantitative estimate of drug-likeness (QED) is 0.329. The van der Waals surface area contributed by atoms with E-state index in [1.165, 1.54) is 6.21 Å². The van der Waals surface area contributed by atoms with E-state index in [2.05, 4.69) is 21.1 Å². The summed E-state index contributed by atoms with van der Waals surface area (Å²) < 4.78 is 17.7. The Balaban J connectivity index is 2.02. The molecule has 1 N–H and O–H groups in total. The Labute approximate surface area is 150 Å². The van der Waals surface area contributed by atoms with E-state index in [4.69, 9.17) is 19.4 Å². The van der Waals surface area contributed by atoms with Gasteiger partial charge in [-0.3, -0.25) is 0 Å². The number of benzene rings is 2. The summed E-state index contributed by atoms with van der Waals surface area (Å²) in [6, 6.07) is 9.55. The van der Waals surface area contributed by atoms with Gasteiger partial charge in [0.2, 0.25) is 0 Å². The van der Waals surface area contributed by atoms with Gasteiger partial charge in [0.05, 0.1) is 17.8 Å². The monoisotopic (exact) mass is 393 g/mol. The molecule has 0 aliphatic carbocycles. The van der Waals surface area contributed by atoms with Gasteiger partial charge in [-0.1, -0.05) is 23.4 Å². The average Bonchev–Trinajstić information content (AvgIpc) is 2.55. The van der Waals surface area contributed by atoms with Crippen LogP contribution in [0.15, 0.2) is 40.0 Å². The minimum absolute atomic E-state index is 0.371. The van der Waals surface area contributed by atoms with Gasteiger partial charge in [0.15, 0.2) is 11.5 Å². The van der Waals surface area contributed by atoms with E-state index in [0.717, 1.165) is 16.9 Å². The molecule has 0 aliphatic heterocycles. The molecule has 0 spiro atoms. The van der Waals surface area contributed by atoms with Crippen molar-refractivity contribution in [2.45, 2.75) is 13.8 Å². The number of methoxy groups -OCH3 is 1. The zero-order valence-electron chi connectivity index (χ0n) is 13.9. The lowest BCUT2D eigenvalue weighted by molar-refractivity contribution is 0.209. The van der Waals surface area contributed by atoms with Crippen LogP contribution in [0.25, 0.3) is 0 Å². The molecule has 0 aliphatic rings. The maximum absolute atomic E-state index is 8.64. The van der Waals surface area contributed by atoms with Crippen LogP contribution in [-0.2, 0) is 0 Å². The second-order valence-electron chi connectivity index (χ2n) is 5.20. The standard InChI is InChI=1S/C18H20BrNO4/c1-12-5-4-6-13(2)17(12)23-7-8-24-18-15(19)9-14(11-20-21)10-16(18)22-3/h4-6,9-11,21H,7-8H2,1-3H3. The third-order valence-electron chi connectivity index (χ3n) is 3.44. The highest BCUT2D eigenvalue weighted by molar-refractivity contribution is 9.10. The van der Waals surface area contributed by atoms with Gasteiger partial charge in [0.1, 0.15) is 19.0 Å². The molecule has 2 aromatic carbocycles. The first-order chi connectivity index (χ1) is 11.6. The van der Waals surface area contributed by atoms with Crippen molar-refractivity contribution in [1.82, 2.24) is 0 Å². The van der Waals surface area contributed by atoms with Crippen molar-refractivity contribution in [3.8, 4) is 17.2 Å². The molecule has 0 saturated heterocycles. The minimum Gasteiger partial charge on any atom is -0.493 e. The molecule has 2 rings (SSSR count). The summed E-state index contributed by atoms with van der Waals surface area (Å²) in [6.45, 7) is 4.83. The topological polar surface area (TPSA) is 60.3 Å². The molecule has 0 aromatic heterocycles. The Bertz CT molecular complexity index is 711. The van der Waals surface area contributed by atoms with Crippen LogP contribution in [0.5, 0.6) is 17.2 Å². The first-order valence-corrected chi connectivity index (χ1v) is 8.23. The van der Waals surface area contributed by atoms with Gasteiger partial charge in [-0.25, -0.2) is 0 Å². The Morgan fingerprint density at radius 3 is 2.29 bits per heavy atom. The van der Waals surface area contributed by atoms with Crippen molar-refractivity contribution in [3.63, 3.8) is 0 Å². The number of halogens is 1. The fraction of sp³-hybridized carbons (Fsp3) is 0.278. The number of aryl methyl sites for hydroxylation is 2. The molecule has 0 saturated carbocycles. The lowest BCUT2D eigenvalue weighted by Gasteiger charge is -2.15. The lowest BCUT2D eigenvalue weighted by atomic mass is 10.1. The number of hydrogen-bond acceptors (Lipinski definition) is 5. The molecule has 6 heteroatoms. The van der Waals surface area contributed by atoms with E-state index in [1.54, 1.807) is 19.2 Å². The van der Waals surface area contributed by atoms with E-state index in [0.29, 0.717) is 34.7 Å². The fourth-order valence-electron chi connectivity index (χ4n) is 2.34. The molecule has 0 atom stereocenters. The molecule has 2 aromatic rings. The van der Waals surface area contributed by atoms with Crippen molar-refractivity contribution in [3.05, 3.63) is 51.5 Å². The van der Waals surface area contributed by atoms with Crippen molar-refractivity contribution in [1.29, 1.82) is 0 Å². The van der Waals surface area contributed by atoms with Crippen molar-refractivity contribution >= 4 is 22.1 Å². The number of rotatable bonds is 7. The third kappa shape index (κ3) is 4.41. The van der Waals surface area contributed by atoms with Crippen molar-refractivity contribution in [2.24, 2.45) is 5.16 Å². The maximum atomic E-state index is 8.64. The van der Waals surface area contributed by atoms with Gasteiger partial charge in [-0.15, -0.1) is 0 Å². The van der Waals surface area contributed by atoms with Crippen LogP contribution < -0.4 is 14.2 Å². The van der Waals surface area contributed by atoms with Crippen LogP contribution in [0.2, 0.25) is 0 Å². The molecule has 128 valence electrons. The molecule has 5 nitrogen and oxygen atoms in total. The van der Waals surface area contributed by atoms with Gasteiger partial charge >= 0.3 is 0 Å². The highest BCUT2D eigenvalue weighted by Gasteiger charge is 2.11.